The molecule has 0 bridgehead atoms. The van der Waals surface area contributed by atoms with Gasteiger partial charge in [-0.05, 0) is 0 Å². The van der Waals surface area contributed by atoms with Gasteiger partial charge in [0.15, 0.2) is 0 Å². The van der Waals surface area contributed by atoms with Gasteiger partial charge in [-0.1, -0.05) is 0 Å². The fourth-order valence-corrected chi connectivity index (χ4v) is 30.2. The maximum atomic E-state index is 12.6. The molecule has 2 amide bonds. The van der Waals surface area contributed by atoms with Crippen LogP contribution in [0.2, 0.25) is 0 Å². The van der Waals surface area contributed by atoms with E-state index in [0.29, 0.717) is 12.8 Å². The number of allylic oxidation sites excluding steroid dienone is 2. The third-order valence-electron chi connectivity index (χ3n) is 11.9. The Morgan fingerprint density at radius 2 is 1.00 bits per heavy atom. The number of unbranched alkanes of at least 4 members (excludes halogenated alkanes) is 2. The van der Waals surface area contributed by atoms with E-state index in [1.165, 1.54) is 22.3 Å². The molecule has 0 spiro atoms. The van der Waals surface area contributed by atoms with Crippen LogP contribution in [0.25, 0.3) is 34.4 Å². The molecule has 0 aliphatic heterocycles. The molecule has 2 unspecified atom stereocenters. The number of rotatable bonds is 17. The Labute approximate surface area is 331 Å². The maximum absolute atomic E-state index is 12.6. The summed E-state index contributed by atoms with van der Waals surface area (Å²) in [7, 11) is 17.4. The van der Waals surface area contributed by atoms with Gasteiger partial charge in [-0.15, -0.1) is 0 Å². The number of hydrogen-bond donors (Lipinski definition) is 2. The summed E-state index contributed by atoms with van der Waals surface area (Å²) in [5, 5.41) is 6.02. The summed E-state index contributed by atoms with van der Waals surface area (Å²) in [6, 6.07) is 30.4. The Balaban J connectivity index is 1.66. The molecule has 4 aromatic rings. The molecule has 0 fully saturated rings. The van der Waals surface area contributed by atoms with Crippen LogP contribution in [-0.4, -0.2) is 17.3 Å². The van der Waals surface area contributed by atoms with Crippen LogP contribution < -0.4 is 10.5 Å². The van der Waals surface area contributed by atoms with Crippen molar-refractivity contribution >= 4 is 46.5 Å². The van der Waals surface area contributed by atoms with Crippen LogP contribution in [0.5, 0.6) is 0 Å². The van der Waals surface area contributed by atoms with Crippen molar-refractivity contribution in [2.24, 2.45) is 11.8 Å². The molecule has 281 valence electrons. The van der Waals surface area contributed by atoms with Crippen LogP contribution >= 0.6 is 17.0 Å². The van der Waals surface area contributed by atoms with Crippen LogP contribution in [0, 0.1) is 11.8 Å². The number of carbonyl (C=O) groups excluding carboxylic acids is 2. The van der Waals surface area contributed by atoms with E-state index in [0.717, 1.165) is 83.1 Å². The Morgan fingerprint density at radius 1 is 0.611 bits per heavy atom. The van der Waals surface area contributed by atoms with E-state index in [9.17, 15) is 9.59 Å². The van der Waals surface area contributed by atoms with Gasteiger partial charge in [0, 0.05) is 0 Å². The Kier molecular flexibility index (Phi) is 12.7. The fraction of sp³-hybridized carbons (Fsp3) is 0.348. The first-order valence-electron chi connectivity index (χ1n) is 19.8. The zero-order chi connectivity index (χ0) is 38.6. The van der Waals surface area contributed by atoms with Crippen LogP contribution in [-0.2, 0) is 38.6 Å². The second-order valence-corrected chi connectivity index (χ2v) is 37.2. The standard InChI is InChI=1S/2C22H25.C2H3BN2O2.2ClH.Zr/c2*1-4-5-9-17-10-6-7-12-20(17)21-13-8-11-18-14-19(16(2)3)15-22(18)21;6-1-4-3-5-2-7;;;/h2*6-8,10-16H,4-5,9H2,1-3H3;1-2H,(H-,4,5,6,7);2*1H;/q;;;;;+1/p-1. The molecule has 0 heterocycles. The average Bonchev–Trinajstić information content (AvgIpc) is 3.78. The van der Waals surface area contributed by atoms with Crippen LogP contribution in [0.3, 0.4) is 0 Å². The van der Waals surface area contributed by atoms with Crippen molar-refractivity contribution in [2.75, 3.05) is 0 Å². The Hall–Kier alpha value is -3.17. The molecule has 2 aliphatic carbocycles. The summed E-state index contributed by atoms with van der Waals surface area (Å²) in [6.45, 7) is 13.3. The molecule has 8 heteroatoms. The van der Waals surface area contributed by atoms with Crippen molar-refractivity contribution in [3.05, 3.63) is 129 Å². The summed E-state index contributed by atoms with van der Waals surface area (Å²) in [4.78, 5) is 25.2. The Morgan fingerprint density at radius 3 is 1.37 bits per heavy atom. The van der Waals surface area contributed by atoms with Gasteiger partial charge in [-0.25, -0.2) is 0 Å². The van der Waals surface area contributed by atoms with Gasteiger partial charge < -0.3 is 0 Å². The number of amides is 2. The van der Waals surface area contributed by atoms with Gasteiger partial charge in [-0.2, -0.15) is 0 Å². The van der Waals surface area contributed by atoms with Gasteiger partial charge in [0.25, 0.3) is 0 Å². The molecule has 0 aromatic heterocycles. The molecule has 4 aromatic carbocycles. The summed E-state index contributed by atoms with van der Waals surface area (Å²) in [5.41, 5.74) is 14.1. The number of fused-ring (bicyclic) bond motifs is 2. The molecule has 0 saturated heterocycles. The number of aryl methyl sites for hydroxylation is 2. The molecular formula is C46H54BCl2N2O2Zr. The van der Waals surface area contributed by atoms with Crippen molar-refractivity contribution in [2.45, 2.75) is 87.3 Å². The molecule has 54 heavy (non-hydrogen) atoms. The van der Waals surface area contributed by atoms with Crippen molar-refractivity contribution in [3.8, 4) is 22.3 Å². The van der Waals surface area contributed by atoms with Crippen molar-refractivity contribution in [1.82, 2.24) is 10.5 Å². The summed E-state index contributed by atoms with van der Waals surface area (Å²) < 4.78 is -1.77. The third-order valence-corrected chi connectivity index (χ3v) is 31.7. The van der Waals surface area contributed by atoms with E-state index in [1.807, 2.05) is 0 Å². The topological polar surface area (TPSA) is 58.2 Å². The van der Waals surface area contributed by atoms with E-state index in [4.69, 9.17) is 17.0 Å². The normalized spacial score (nSPS) is 17.0. The van der Waals surface area contributed by atoms with Gasteiger partial charge >= 0.3 is 334 Å². The SMILES string of the molecule is CCCCc1ccccc1-c1cccc2c1C=C(C(C)C)[CH]2[Zr]([Cl])([Cl])([B](NC=O)NC=O)[CH]1C(C(C)C)=Cc2c(-c3ccccc3CCCC)cccc21. The molecule has 6 rings (SSSR count). The van der Waals surface area contributed by atoms with Crippen molar-refractivity contribution in [1.29, 1.82) is 0 Å². The second-order valence-electron chi connectivity index (χ2n) is 15.8. The van der Waals surface area contributed by atoms with E-state index >= 15 is 0 Å². The molecular weight excluding hydrogens is 785 g/mol. The van der Waals surface area contributed by atoms with Crippen molar-refractivity contribution < 1.29 is 25.8 Å². The first kappa shape index (κ1) is 40.5. The third kappa shape index (κ3) is 7.17. The molecule has 2 aliphatic rings. The average molecular weight is 840 g/mol. The first-order valence-corrected chi connectivity index (χ1v) is 30.4. The van der Waals surface area contributed by atoms with Gasteiger partial charge in [0.05, 0.1) is 0 Å². The zero-order valence-electron chi connectivity index (χ0n) is 32.6. The second kappa shape index (κ2) is 16.9. The van der Waals surface area contributed by atoms with E-state index < -0.39 is 27.9 Å². The quantitative estimate of drug-likeness (QED) is 0.0822. The van der Waals surface area contributed by atoms with E-state index in [2.05, 4.69) is 149 Å². The predicted octanol–water partition coefficient (Wildman–Crippen LogP) is 12.1. The van der Waals surface area contributed by atoms with E-state index in [-0.39, 0.29) is 11.8 Å². The predicted molar refractivity (Wildman–Crippen MR) is 228 cm³/mol. The summed E-state index contributed by atoms with van der Waals surface area (Å²) in [5.74, 6) is 0.182. The molecule has 4 nitrogen and oxygen atoms in total. The summed E-state index contributed by atoms with van der Waals surface area (Å²) in [6.07, 6.45) is 12.4. The number of hydrogen-bond acceptors (Lipinski definition) is 2. The molecule has 0 saturated carbocycles. The summed E-state index contributed by atoms with van der Waals surface area (Å²) >= 11 is -5.91. The zero-order valence-corrected chi connectivity index (χ0v) is 36.6. The number of halogens is 2. The van der Waals surface area contributed by atoms with Gasteiger partial charge in [0.2, 0.25) is 0 Å². The fourth-order valence-electron chi connectivity index (χ4n) is 9.29. The molecule has 0 radical (unpaired) electrons. The Bertz CT molecular complexity index is 1950. The van der Waals surface area contributed by atoms with Crippen LogP contribution in [0.4, 0.5) is 0 Å². The number of nitrogens with one attached hydrogen (secondary N) is 2. The molecule has 2 N–H and O–H groups in total. The monoisotopic (exact) mass is 837 g/mol. The van der Waals surface area contributed by atoms with Crippen molar-refractivity contribution in [3.63, 3.8) is 0 Å². The number of carbonyl (C=O) groups is 2. The van der Waals surface area contributed by atoms with E-state index in [1.54, 1.807) is 0 Å². The minimum absolute atomic E-state index is 0.0909. The van der Waals surface area contributed by atoms with Gasteiger partial charge in [0.1, 0.15) is 0 Å². The molecule has 2 atom stereocenters. The van der Waals surface area contributed by atoms with Crippen LogP contribution in [0.1, 0.15) is 108 Å². The first-order chi connectivity index (χ1) is 26.0. The van der Waals surface area contributed by atoms with Gasteiger partial charge in [-0.3, -0.25) is 0 Å². The van der Waals surface area contributed by atoms with Crippen LogP contribution in [0.15, 0.2) is 96.1 Å². The minimum atomic E-state index is -5.91. The number of benzene rings is 4.